The van der Waals surface area contributed by atoms with Crippen molar-refractivity contribution in [3.8, 4) is 0 Å². The third-order valence-corrected chi connectivity index (χ3v) is 3.00. The van der Waals surface area contributed by atoms with Crippen LogP contribution in [0.25, 0.3) is 6.08 Å². The lowest BCUT2D eigenvalue weighted by molar-refractivity contribution is -0.144. The van der Waals surface area contributed by atoms with Gasteiger partial charge in [-0.1, -0.05) is 18.2 Å². The van der Waals surface area contributed by atoms with Crippen LogP contribution in [0.4, 0.5) is 4.39 Å². The van der Waals surface area contributed by atoms with E-state index in [-0.39, 0.29) is 11.6 Å². The topological polar surface area (TPSA) is 68.5 Å². The molecule has 1 atom stereocenters. The van der Waals surface area contributed by atoms with Crippen molar-refractivity contribution < 1.29 is 23.1 Å². The first-order chi connectivity index (χ1) is 11.1. The Kier molecular flexibility index (Phi) is 5.68. The number of hydrogen-bond donors (Lipinski definition) is 1. The van der Waals surface area contributed by atoms with E-state index in [4.69, 9.17) is 9.15 Å². The second-order valence-corrected chi connectivity index (χ2v) is 4.77. The monoisotopic (exact) mass is 317 g/mol. The number of amides is 1. The van der Waals surface area contributed by atoms with E-state index in [2.05, 4.69) is 5.32 Å². The second-order valence-electron chi connectivity index (χ2n) is 4.77. The van der Waals surface area contributed by atoms with Gasteiger partial charge in [-0.25, -0.2) is 9.18 Å². The summed E-state index contributed by atoms with van der Waals surface area (Å²) in [5, 5.41) is 2.63. The molecule has 0 aliphatic carbocycles. The lowest BCUT2D eigenvalue weighted by atomic mass is 10.2. The molecule has 0 saturated heterocycles. The van der Waals surface area contributed by atoms with Crippen molar-refractivity contribution in [2.75, 3.05) is 6.61 Å². The summed E-state index contributed by atoms with van der Waals surface area (Å²) in [5.74, 6) is -1.03. The second kappa shape index (κ2) is 7.93. The van der Waals surface area contributed by atoms with E-state index in [1.165, 1.54) is 24.5 Å². The van der Waals surface area contributed by atoms with Crippen LogP contribution in [0.1, 0.15) is 24.3 Å². The van der Waals surface area contributed by atoms with E-state index >= 15 is 0 Å². The molecule has 1 aromatic carbocycles. The maximum atomic E-state index is 13.4. The third kappa shape index (κ3) is 5.10. The van der Waals surface area contributed by atoms with Gasteiger partial charge in [0, 0.05) is 11.6 Å². The fraction of sp³-hybridized carbons (Fsp3) is 0.176. The van der Waals surface area contributed by atoms with Crippen molar-refractivity contribution in [2.45, 2.75) is 13.0 Å². The Morgan fingerprint density at radius 2 is 2.09 bits per heavy atom. The molecule has 6 heteroatoms. The van der Waals surface area contributed by atoms with Crippen molar-refractivity contribution in [1.82, 2.24) is 5.32 Å². The quantitative estimate of drug-likeness (QED) is 0.657. The van der Waals surface area contributed by atoms with Crippen LogP contribution in [0.15, 0.2) is 53.2 Å². The maximum absolute atomic E-state index is 13.4. The highest BCUT2D eigenvalue weighted by atomic mass is 19.1. The first-order valence-corrected chi connectivity index (χ1v) is 6.98. The molecule has 1 heterocycles. The molecule has 2 aromatic rings. The smallest absolute Gasteiger partial charge is 0.331 e. The van der Waals surface area contributed by atoms with E-state index in [1.54, 1.807) is 31.2 Å². The Bertz CT molecular complexity index is 694. The van der Waals surface area contributed by atoms with Crippen molar-refractivity contribution in [3.05, 3.63) is 65.9 Å². The van der Waals surface area contributed by atoms with E-state index in [9.17, 15) is 14.0 Å². The van der Waals surface area contributed by atoms with E-state index in [1.807, 2.05) is 0 Å². The first-order valence-electron chi connectivity index (χ1n) is 6.98. The Morgan fingerprint density at radius 3 is 2.78 bits per heavy atom. The highest BCUT2D eigenvalue weighted by Gasteiger charge is 2.12. The predicted octanol–water partition coefficient (Wildman–Crippen LogP) is 2.85. The molecule has 1 amide bonds. The number of carbonyl (C=O) groups excluding carboxylic acids is 2. The van der Waals surface area contributed by atoms with Gasteiger partial charge in [-0.15, -0.1) is 0 Å². The number of nitrogens with one attached hydrogen (secondary N) is 1. The fourth-order valence-corrected chi connectivity index (χ4v) is 1.84. The molecule has 120 valence electrons. The number of hydrogen-bond acceptors (Lipinski definition) is 4. The number of benzene rings is 1. The average Bonchev–Trinajstić information content (AvgIpc) is 3.06. The van der Waals surface area contributed by atoms with Gasteiger partial charge in [-0.05, 0) is 31.2 Å². The van der Waals surface area contributed by atoms with Crippen LogP contribution >= 0.6 is 0 Å². The van der Waals surface area contributed by atoms with Crippen LogP contribution in [0.2, 0.25) is 0 Å². The number of ether oxygens (including phenoxy) is 1. The molecule has 0 radical (unpaired) electrons. The molecule has 23 heavy (non-hydrogen) atoms. The summed E-state index contributed by atoms with van der Waals surface area (Å²) in [6.45, 7) is 1.32. The minimum atomic E-state index is -0.728. The summed E-state index contributed by atoms with van der Waals surface area (Å²) in [5.41, 5.74) is 0.264. The molecule has 0 spiro atoms. The number of carbonyl (C=O) groups is 2. The molecule has 2 rings (SSSR count). The Labute approximate surface area is 132 Å². The van der Waals surface area contributed by atoms with Crippen molar-refractivity contribution >= 4 is 18.0 Å². The van der Waals surface area contributed by atoms with Gasteiger partial charge in [0.2, 0.25) is 0 Å². The zero-order valence-electron chi connectivity index (χ0n) is 12.5. The Morgan fingerprint density at radius 1 is 1.30 bits per heavy atom. The Hall–Kier alpha value is -2.89. The first kappa shape index (κ1) is 16.5. The van der Waals surface area contributed by atoms with Gasteiger partial charge < -0.3 is 14.5 Å². The van der Waals surface area contributed by atoms with Crippen LogP contribution in [-0.4, -0.2) is 18.5 Å². The largest absolute Gasteiger partial charge is 0.467 e. The molecule has 1 N–H and O–H groups in total. The van der Waals surface area contributed by atoms with Gasteiger partial charge in [-0.3, -0.25) is 4.79 Å². The molecule has 1 aromatic heterocycles. The van der Waals surface area contributed by atoms with Crippen LogP contribution < -0.4 is 5.32 Å². The van der Waals surface area contributed by atoms with Crippen LogP contribution in [-0.2, 0) is 14.3 Å². The van der Waals surface area contributed by atoms with Gasteiger partial charge in [0.05, 0.1) is 12.3 Å². The summed E-state index contributed by atoms with van der Waals surface area (Å²) in [6.07, 6.45) is 3.87. The van der Waals surface area contributed by atoms with E-state index < -0.39 is 24.3 Å². The van der Waals surface area contributed by atoms with Crippen molar-refractivity contribution in [1.29, 1.82) is 0 Å². The van der Waals surface area contributed by atoms with Gasteiger partial charge in [-0.2, -0.15) is 0 Å². The minimum Gasteiger partial charge on any atom is -0.467 e. The number of esters is 1. The minimum absolute atomic E-state index is 0.264. The Balaban J connectivity index is 1.78. The van der Waals surface area contributed by atoms with Crippen LogP contribution in [0, 0.1) is 5.82 Å². The molecule has 0 aliphatic rings. The standard InChI is InChI=1S/C17H16FNO4/c1-12(15-7-4-10-22-15)19-16(20)11-23-17(21)9-8-13-5-2-3-6-14(13)18/h2-10,12H,11H2,1H3,(H,19,20)/b9-8+/t12-/m0/s1. The summed E-state index contributed by atoms with van der Waals surface area (Å²) >= 11 is 0. The predicted molar refractivity (Wildman–Crippen MR) is 81.7 cm³/mol. The SMILES string of the molecule is C[C@H](NC(=O)COC(=O)/C=C/c1ccccc1F)c1ccco1. The summed E-state index contributed by atoms with van der Waals surface area (Å²) < 4.78 is 23.3. The molecule has 0 fully saturated rings. The van der Waals surface area contributed by atoms with Gasteiger partial charge in [0.15, 0.2) is 6.61 Å². The average molecular weight is 317 g/mol. The highest BCUT2D eigenvalue weighted by molar-refractivity contribution is 5.89. The number of halogens is 1. The normalized spacial score (nSPS) is 12.1. The zero-order valence-corrected chi connectivity index (χ0v) is 12.5. The summed E-state index contributed by atoms with van der Waals surface area (Å²) in [7, 11) is 0. The van der Waals surface area contributed by atoms with Gasteiger partial charge in [0.1, 0.15) is 11.6 Å². The molecule has 0 unspecified atom stereocenters. The number of rotatable bonds is 6. The summed E-state index contributed by atoms with van der Waals surface area (Å²) in [4.78, 5) is 23.2. The molecule has 5 nitrogen and oxygen atoms in total. The molecule has 0 bridgehead atoms. The third-order valence-electron chi connectivity index (χ3n) is 3.00. The van der Waals surface area contributed by atoms with Crippen molar-refractivity contribution in [2.24, 2.45) is 0 Å². The van der Waals surface area contributed by atoms with E-state index in [0.717, 1.165) is 6.08 Å². The van der Waals surface area contributed by atoms with Crippen LogP contribution in [0.3, 0.4) is 0 Å². The van der Waals surface area contributed by atoms with Gasteiger partial charge in [0.25, 0.3) is 5.91 Å². The van der Waals surface area contributed by atoms with Gasteiger partial charge >= 0.3 is 5.97 Å². The number of furan rings is 1. The molecular formula is C17H16FNO4. The molecule has 0 aliphatic heterocycles. The maximum Gasteiger partial charge on any atom is 0.331 e. The lowest BCUT2D eigenvalue weighted by Crippen LogP contribution is -2.30. The van der Waals surface area contributed by atoms with E-state index in [0.29, 0.717) is 5.76 Å². The lowest BCUT2D eigenvalue weighted by Gasteiger charge is -2.11. The molecule has 0 saturated carbocycles. The highest BCUT2D eigenvalue weighted by Crippen LogP contribution is 2.11. The van der Waals surface area contributed by atoms with Crippen molar-refractivity contribution in [3.63, 3.8) is 0 Å². The fourth-order valence-electron chi connectivity index (χ4n) is 1.84. The van der Waals surface area contributed by atoms with Crippen LogP contribution in [0.5, 0.6) is 0 Å². The molecular weight excluding hydrogens is 301 g/mol. The zero-order chi connectivity index (χ0) is 16.7. The summed E-state index contributed by atoms with van der Waals surface area (Å²) in [6, 6.07) is 9.13.